The molecule has 0 aromatic carbocycles. The van der Waals surface area contributed by atoms with E-state index in [9.17, 15) is 14.4 Å². The van der Waals surface area contributed by atoms with E-state index in [1.165, 1.54) is 12.3 Å². The Kier molecular flexibility index (Phi) is 4.79. The SMILES string of the molecule is O=C1CCCCN1CC1CCN(C(=O)c2ccc(=O)[nH]c2)CC1. The van der Waals surface area contributed by atoms with E-state index < -0.39 is 0 Å². The van der Waals surface area contributed by atoms with Crippen LogP contribution in [-0.4, -0.2) is 52.8 Å². The molecule has 6 nitrogen and oxygen atoms in total. The molecule has 1 aromatic heterocycles. The van der Waals surface area contributed by atoms with Gasteiger partial charge in [-0.15, -0.1) is 0 Å². The first-order chi connectivity index (χ1) is 11.1. The molecule has 0 spiro atoms. The van der Waals surface area contributed by atoms with Crippen LogP contribution in [0.2, 0.25) is 0 Å². The largest absolute Gasteiger partial charge is 0.342 e. The Morgan fingerprint density at radius 1 is 1.13 bits per heavy atom. The molecule has 0 atom stereocenters. The summed E-state index contributed by atoms with van der Waals surface area (Å²) in [6.45, 7) is 3.14. The molecule has 0 saturated carbocycles. The lowest BCUT2D eigenvalue weighted by Gasteiger charge is -2.36. The van der Waals surface area contributed by atoms with Gasteiger partial charge in [-0.25, -0.2) is 0 Å². The summed E-state index contributed by atoms with van der Waals surface area (Å²) in [5.41, 5.74) is 0.320. The van der Waals surface area contributed by atoms with Crippen LogP contribution >= 0.6 is 0 Å². The molecule has 2 amide bonds. The molecule has 2 fully saturated rings. The zero-order valence-electron chi connectivity index (χ0n) is 13.3. The quantitative estimate of drug-likeness (QED) is 0.911. The van der Waals surface area contributed by atoms with Gasteiger partial charge in [0.25, 0.3) is 5.91 Å². The molecular weight excluding hydrogens is 294 g/mol. The number of carbonyl (C=O) groups excluding carboxylic acids is 2. The molecule has 124 valence electrons. The molecule has 2 saturated heterocycles. The van der Waals surface area contributed by atoms with Crippen LogP contribution in [0.3, 0.4) is 0 Å². The van der Waals surface area contributed by atoms with Crippen molar-refractivity contribution < 1.29 is 9.59 Å². The number of hydrogen-bond acceptors (Lipinski definition) is 3. The van der Waals surface area contributed by atoms with E-state index in [2.05, 4.69) is 4.98 Å². The van der Waals surface area contributed by atoms with Crippen molar-refractivity contribution in [3.05, 3.63) is 34.2 Å². The summed E-state index contributed by atoms with van der Waals surface area (Å²) in [7, 11) is 0. The maximum atomic E-state index is 12.4. The molecule has 1 aromatic rings. The van der Waals surface area contributed by atoms with Crippen molar-refractivity contribution in [1.29, 1.82) is 0 Å². The smallest absolute Gasteiger partial charge is 0.255 e. The number of nitrogens with zero attached hydrogens (tertiary/aromatic N) is 2. The monoisotopic (exact) mass is 317 g/mol. The van der Waals surface area contributed by atoms with Crippen molar-refractivity contribution in [2.24, 2.45) is 5.92 Å². The highest BCUT2D eigenvalue weighted by molar-refractivity contribution is 5.93. The number of carbonyl (C=O) groups is 2. The molecule has 3 rings (SSSR count). The van der Waals surface area contributed by atoms with Gasteiger partial charge in [-0.2, -0.15) is 0 Å². The third-order valence-corrected chi connectivity index (χ3v) is 4.83. The van der Waals surface area contributed by atoms with Gasteiger partial charge < -0.3 is 14.8 Å². The lowest BCUT2D eigenvalue weighted by Crippen LogP contribution is -2.44. The Balaban J connectivity index is 1.51. The van der Waals surface area contributed by atoms with Crippen LogP contribution in [0.1, 0.15) is 42.5 Å². The summed E-state index contributed by atoms with van der Waals surface area (Å²) >= 11 is 0. The van der Waals surface area contributed by atoms with Gasteiger partial charge in [-0.05, 0) is 37.7 Å². The van der Waals surface area contributed by atoms with Crippen LogP contribution in [0.5, 0.6) is 0 Å². The number of nitrogens with one attached hydrogen (secondary N) is 1. The standard InChI is InChI=1S/C17H23N3O3/c21-15-5-4-14(11-18-15)17(23)19-9-6-13(7-10-19)12-20-8-2-1-3-16(20)22/h4-5,11,13H,1-3,6-10,12H2,(H,18,21). The summed E-state index contributed by atoms with van der Waals surface area (Å²) in [5.74, 6) is 0.730. The number of amides is 2. The van der Waals surface area contributed by atoms with E-state index >= 15 is 0 Å². The number of pyridine rings is 1. The van der Waals surface area contributed by atoms with E-state index in [1.54, 1.807) is 6.07 Å². The van der Waals surface area contributed by atoms with Crippen molar-refractivity contribution in [3.63, 3.8) is 0 Å². The Hall–Kier alpha value is -2.11. The lowest BCUT2D eigenvalue weighted by molar-refractivity contribution is -0.134. The second-order valence-electron chi connectivity index (χ2n) is 6.47. The normalized spacial score (nSPS) is 19.9. The summed E-state index contributed by atoms with van der Waals surface area (Å²) in [4.78, 5) is 41.7. The van der Waals surface area contributed by atoms with E-state index in [-0.39, 0.29) is 17.4 Å². The van der Waals surface area contributed by atoms with Crippen molar-refractivity contribution >= 4 is 11.8 Å². The van der Waals surface area contributed by atoms with Crippen LogP contribution in [0.15, 0.2) is 23.1 Å². The molecule has 1 N–H and O–H groups in total. The van der Waals surface area contributed by atoms with Gasteiger partial charge in [-0.3, -0.25) is 14.4 Å². The molecule has 6 heteroatoms. The summed E-state index contributed by atoms with van der Waals surface area (Å²) < 4.78 is 0. The molecule has 0 bridgehead atoms. The topological polar surface area (TPSA) is 73.5 Å². The van der Waals surface area contributed by atoms with Crippen LogP contribution in [-0.2, 0) is 4.79 Å². The van der Waals surface area contributed by atoms with E-state index in [0.29, 0.717) is 31.0 Å². The fourth-order valence-corrected chi connectivity index (χ4v) is 3.41. The number of piperidine rings is 2. The van der Waals surface area contributed by atoms with Crippen molar-refractivity contribution in [3.8, 4) is 0 Å². The first-order valence-corrected chi connectivity index (χ1v) is 8.39. The Morgan fingerprint density at radius 2 is 1.91 bits per heavy atom. The molecule has 23 heavy (non-hydrogen) atoms. The van der Waals surface area contributed by atoms with Gasteiger partial charge in [-0.1, -0.05) is 0 Å². The van der Waals surface area contributed by atoms with Crippen molar-refractivity contribution in [2.75, 3.05) is 26.2 Å². The van der Waals surface area contributed by atoms with Gasteiger partial charge in [0.2, 0.25) is 11.5 Å². The van der Waals surface area contributed by atoms with Crippen LogP contribution in [0.4, 0.5) is 0 Å². The first-order valence-electron chi connectivity index (χ1n) is 8.39. The number of aromatic nitrogens is 1. The van der Waals surface area contributed by atoms with Crippen LogP contribution in [0.25, 0.3) is 0 Å². The number of aromatic amines is 1. The number of H-pyrrole nitrogens is 1. The summed E-state index contributed by atoms with van der Waals surface area (Å²) in [6.07, 6.45) is 6.14. The third kappa shape index (κ3) is 3.81. The average Bonchev–Trinajstić information content (AvgIpc) is 2.58. The van der Waals surface area contributed by atoms with Crippen molar-refractivity contribution in [2.45, 2.75) is 32.1 Å². The molecule has 2 aliphatic rings. The van der Waals surface area contributed by atoms with E-state index in [0.717, 1.165) is 38.8 Å². The maximum absolute atomic E-state index is 12.4. The molecule has 0 aliphatic carbocycles. The minimum Gasteiger partial charge on any atom is -0.342 e. The Morgan fingerprint density at radius 3 is 2.57 bits per heavy atom. The Labute approximate surface area is 135 Å². The van der Waals surface area contributed by atoms with Gasteiger partial charge >= 0.3 is 0 Å². The highest BCUT2D eigenvalue weighted by atomic mass is 16.2. The van der Waals surface area contributed by atoms with Gasteiger partial charge in [0, 0.05) is 44.9 Å². The third-order valence-electron chi connectivity index (χ3n) is 4.83. The molecule has 2 aliphatic heterocycles. The minimum absolute atomic E-state index is 0.0336. The van der Waals surface area contributed by atoms with Gasteiger partial charge in [0.15, 0.2) is 0 Å². The second kappa shape index (κ2) is 6.98. The van der Waals surface area contributed by atoms with Gasteiger partial charge in [0.1, 0.15) is 0 Å². The van der Waals surface area contributed by atoms with E-state index in [1.807, 2.05) is 9.80 Å². The Bertz CT molecular complexity index is 612. The summed E-state index contributed by atoms with van der Waals surface area (Å²) in [6, 6.07) is 2.95. The van der Waals surface area contributed by atoms with Gasteiger partial charge in [0.05, 0.1) is 5.56 Å². The van der Waals surface area contributed by atoms with Crippen LogP contribution in [0, 0.1) is 5.92 Å². The predicted molar refractivity (Wildman–Crippen MR) is 86.1 cm³/mol. The number of hydrogen-bond donors (Lipinski definition) is 1. The van der Waals surface area contributed by atoms with E-state index in [4.69, 9.17) is 0 Å². The fraction of sp³-hybridized carbons (Fsp3) is 0.588. The first kappa shape index (κ1) is 15.8. The minimum atomic E-state index is -0.202. The summed E-state index contributed by atoms with van der Waals surface area (Å²) in [5, 5.41) is 0. The number of likely N-dealkylation sites (tertiary alicyclic amines) is 2. The molecule has 0 unspecified atom stereocenters. The highest BCUT2D eigenvalue weighted by Crippen LogP contribution is 2.22. The lowest BCUT2D eigenvalue weighted by atomic mass is 9.95. The zero-order valence-corrected chi connectivity index (χ0v) is 13.3. The van der Waals surface area contributed by atoms with Crippen molar-refractivity contribution in [1.82, 2.24) is 14.8 Å². The highest BCUT2D eigenvalue weighted by Gasteiger charge is 2.27. The predicted octanol–water partition coefficient (Wildman–Crippen LogP) is 1.24. The average molecular weight is 317 g/mol. The maximum Gasteiger partial charge on any atom is 0.255 e. The molecule has 0 radical (unpaired) electrons. The zero-order chi connectivity index (χ0) is 16.2. The molecular formula is C17H23N3O3. The second-order valence-corrected chi connectivity index (χ2v) is 6.47. The number of rotatable bonds is 3. The molecule has 3 heterocycles. The fourth-order valence-electron chi connectivity index (χ4n) is 3.41. The van der Waals surface area contributed by atoms with Crippen LogP contribution < -0.4 is 5.56 Å².